The van der Waals surface area contributed by atoms with Crippen molar-refractivity contribution in [2.45, 2.75) is 32.7 Å². The number of fused-ring (bicyclic) bond motifs is 1. The molecule has 1 aliphatic carbocycles. The van der Waals surface area contributed by atoms with Crippen molar-refractivity contribution in [1.82, 2.24) is 14.9 Å². The van der Waals surface area contributed by atoms with Gasteiger partial charge >= 0.3 is 0 Å². The Morgan fingerprint density at radius 2 is 1.97 bits per heavy atom. The lowest BCUT2D eigenvalue weighted by atomic mass is 9.90. The molecule has 2 fully saturated rings. The fraction of sp³-hybridized carbons (Fsp3) is 0.346. The molecule has 3 heterocycles. The first-order valence-electron chi connectivity index (χ1n) is 11.5. The number of nitrogens with one attached hydrogen (secondary N) is 1. The molecule has 2 aliphatic rings. The fourth-order valence-corrected chi connectivity index (χ4v) is 6.75. The maximum Gasteiger partial charge on any atom is 0.228 e. The number of hydrogen-bond donors (Lipinski definition) is 1. The molecule has 1 atom stereocenters. The summed E-state index contributed by atoms with van der Waals surface area (Å²) in [5.41, 5.74) is 4.25. The summed E-state index contributed by atoms with van der Waals surface area (Å²) in [5, 5.41) is 7.52. The summed E-state index contributed by atoms with van der Waals surface area (Å²) in [6.07, 6.45) is 3.19. The molecule has 4 aromatic rings. The Morgan fingerprint density at radius 1 is 1.15 bits per heavy atom. The van der Waals surface area contributed by atoms with Crippen LogP contribution in [0.3, 0.4) is 0 Å². The highest BCUT2D eigenvalue weighted by atomic mass is 32.1. The predicted molar refractivity (Wildman–Crippen MR) is 136 cm³/mol. The molecule has 1 aliphatic heterocycles. The van der Waals surface area contributed by atoms with Crippen LogP contribution in [0.15, 0.2) is 53.9 Å². The van der Waals surface area contributed by atoms with E-state index in [9.17, 15) is 4.79 Å². The molecule has 1 amide bonds. The van der Waals surface area contributed by atoms with E-state index in [4.69, 9.17) is 4.98 Å². The number of aryl methyl sites for hydroxylation is 1. The van der Waals surface area contributed by atoms with Crippen molar-refractivity contribution in [3.63, 3.8) is 0 Å². The molecule has 1 saturated carbocycles. The number of anilines is 1. The van der Waals surface area contributed by atoms with E-state index in [2.05, 4.69) is 50.9 Å². The number of aromatic nitrogens is 2. The van der Waals surface area contributed by atoms with Crippen LogP contribution in [0.4, 0.5) is 5.69 Å². The Hall–Kier alpha value is -2.61. The molecule has 33 heavy (non-hydrogen) atoms. The lowest BCUT2D eigenvalue weighted by Crippen LogP contribution is -2.35. The number of carbonyl (C=O) groups is 1. The van der Waals surface area contributed by atoms with Gasteiger partial charge in [0.2, 0.25) is 5.91 Å². The monoisotopic (exact) mass is 474 g/mol. The quantitative estimate of drug-likeness (QED) is 0.387. The van der Waals surface area contributed by atoms with Gasteiger partial charge in [-0.3, -0.25) is 9.69 Å². The fourth-order valence-electron chi connectivity index (χ4n) is 5.09. The van der Waals surface area contributed by atoms with Gasteiger partial charge in [0.25, 0.3) is 0 Å². The number of likely N-dealkylation sites (tertiary alicyclic amines) is 1. The van der Waals surface area contributed by atoms with Crippen LogP contribution in [-0.4, -0.2) is 33.9 Å². The van der Waals surface area contributed by atoms with E-state index in [0.29, 0.717) is 0 Å². The summed E-state index contributed by atoms with van der Waals surface area (Å²) in [7, 11) is 0. The second-order valence-electron chi connectivity index (χ2n) is 9.29. The minimum absolute atomic E-state index is 0.136. The Balaban J connectivity index is 1.03. The number of amides is 1. The van der Waals surface area contributed by atoms with E-state index in [1.807, 2.05) is 25.1 Å². The Kier molecular flexibility index (Phi) is 5.28. The van der Waals surface area contributed by atoms with Gasteiger partial charge in [-0.05, 0) is 62.9 Å². The van der Waals surface area contributed by atoms with Crippen molar-refractivity contribution >= 4 is 44.5 Å². The van der Waals surface area contributed by atoms with Crippen molar-refractivity contribution in [2.75, 3.05) is 18.4 Å². The number of thiazole rings is 2. The normalized spacial score (nSPS) is 19.7. The van der Waals surface area contributed by atoms with Gasteiger partial charge in [0.1, 0.15) is 5.01 Å². The molecule has 6 rings (SSSR count). The standard InChI is InChI=1S/C26H26N4OS2/c1-17-27-21-13-19(7-8-23(21)33-17)28-25(31)20-14-26(20)9-11-30(12-10-26)15-24-29-22(16-32-24)18-5-3-2-4-6-18/h2-8,13,16,20H,9-12,14-15H2,1H3,(H,28,31). The van der Waals surface area contributed by atoms with Crippen LogP contribution in [0.1, 0.15) is 29.3 Å². The second-order valence-corrected chi connectivity index (χ2v) is 11.5. The molecule has 1 saturated heterocycles. The second kappa shape index (κ2) is 8.31. The van der Waals surface area contributed by atoms with Gasteiger partial charge < -0.3 is 5.32 Å². The Bertz CT molecular complexity index is 1300. The van der Waals surface area contributed by atoms with E-state index in [0.717, 1.165) is 65.5 Å². The summed E-state index contributed by atoms with van der Waals surface area (Å²) in [5.74, 6) is 0.305. The van der Waals surface area contributed by atoms with E-state index >= 15 is 0 Å². The van der Waals surface area contributed by atoms with Gasteiger partial charge in [0, 0.05) is 22.5 Å². The molecular weight excluding hydrogens is 448 g/mol. The molecule has 7 heteroatoms. The first-order chi connectivity index (χ1) is 16.1. The van der Waals surface area contributed by atoms with Crippen LogP contribution < -0.4 is 5.32 Å². The first-order valence-corrected chi connectivity index (χ1v) is 13.2. The van der Waals surface area contributed by atoms with Crippen LogP contribution in [0.2, 0.25) is 0 Å². The molecular formula is C26H26N4OS2. The largest absolute Gasteiger partial charge is 0.326 e. The molecule has 1 spiro atoms. The summed E-state index contributed by atoms with van der Waals surface area (Å²) in [6, 6.07) is 16.4. The first kappa shape index (κ1) is 21.0. The van der Waals surface area contributed by atoms with E-state index in [-0.39, 0.29) is 17.2 Å². The van der Waals surface area contributed by atoms with Gasteiger partial charge in [0.05, 0.1) is 27.5 Å². The highest BCUT2D eigenvalue weighted by Gasteiger charge is 2.58. The van der Waals surface area contributed by atoms with Crippen molar-refractivity contribution < 1.29 is 4.79 Å². The summed E-state index contributed by atoms with van der Waals surface area (Å²) in [6.45, 7) is 4.99. The lowest BCUT2D eigenvalue weighted by Gasteiger charge is -2.32. The number of nitrogens with zero attached hydrogens (tertiary/aromatic N) is 3. The highest BCUT2D eigenvalue weighted by Crippen LogP contribution is 2.59. The number of piperidine rings is 1. The zero-order valence-electron chi connectivity index (χ0n) is 18.6. The van der Waals surface area contributed by atoms with Crippen molar-refractivity contribution in [1.29, 1.82) is 0 Å². The van der Waals surface area contributed by atoms with Crippen LogP contribution in [-0.2, 0) is 11.3 Å². The zero-order chi connectivity index (χ0) is 22.4. The van der Waals surface area contributed by atoms with Gasteiger partial charge in [0.15, 0.2) is 0 Å². The van der Waals surface area contributed by atoms with Gasteiger partial charge in [-0.2, -0.15) is 0 Å². The third kappa shape index (κ3) is 4.21. The van der Waals surface area contributed by atoms with Crippen molar-refractivity contribution in [3.8, 4) is 11.3 Å². The van der Waals surface area contributed by atoms with E-state index in [1.165, 1.54) is 10.6 Å². The summed E-state index contributed by atoms with van der Waals surface area (Å²) < 4.78 is 1.16. The molecule has 0 bridgehead atoms. The average Bonchev–Trinajstić information content (AvgIpc) is 3.13. The third-order valence-electron chi connectivity index (χ3n) is 7.10. The highest BCUT2D eigenvalue weighted by molar-refractivity contribution is 7.18. The molecule has 1 N–H and O–H groups in total. The molecule has 2 aromatic heterocycles. The predicted octanol–water partition coefficient (Wildman–Crippen LogP) is 5.97. The van der Waals surface area contributed by atoms with Crippen LogP contribution in [0.25, 0.3) is 21.5 Å². The van der Waals surface area contributed by atoms with Crippen molar-refractivity contribution in [2.24, 2.45) is 11.3 Å². The Morgan fingerprint density at radius 3 is 2.79 bits per heavy atom. The van der Waals surface area contributed by atoms with Gasteiger partial charge in [-0.1, -0.05) is 30.3 Å². The van der Waals surface area contributed by atoms with Gasteiger partial charge in [-0.15, -0.1) is 22.7 Å². The summed E-state index contributed by atoms with van der Waals surface area (Å²) >= 11 is 3.43. The molecule has 1 unspecified atom stereocenters. The third-order valence-corrected chi connectivity index (χ3v) is 8.89. The average molecular weight is 475 g/mol. The zero-order valence-corrected chi connectivity index (χ0v) is 20.2. The van der Waals surface area contributed by atoms with E-state index < -0.39 is 0 Å². The SMILES string of the molecule is Cc1nc2cc(NC(=O)C3CC34CCN(Cc3nc(-c5ccccc5)cs3)CC4)ccc2s1. The number of hydrogen-bond acceptors (Lipinski definition) is 6. The topological polar surface area (TPSA) is 58.1 Å². The molecule has 0 radical (unpaired) electrons. The number of carbonyl (C=O) groups excluding carboxylic acids is 1. The molecule has 5 nitrogen and oxygen atoms in total. The molecule has 168 valence electrons. The van der Waals surface area contributed by atoms with Crippen LogP contribution in [0, 0.1) is 18.3 Å². The van der Waals surface area contributed by atoms with Gasteiger partial charge in [-0.25, -0.2) is 9.97 Å². The van der Waals surface area contributed by atoms with Crippen LogP contribution >= 0.6 is 22.7 Å². The maximum absolute atomic E-state index is 12.9. The number of rotatable bonds is 5. The molecule has 2 aromatic carbocycles. The van der Waals surface area contributed by atoms with Crippen molar-refractivity contribution in [3.05, 3.63) is 63.9 Å². The Labute approximate surface area is 201 Å². The smallest absolute Gasteiger partial charge is 0.228 e. The maximum atomic E-state index is 12.9. The lowest BCUT2D eigenvalue weighted by molar-refractivity contribution is -0.118. The minimum atomic E-state index is 0.136. The van der Waals surface area contributed by atoms with Crippen LogP contribution in [0.5, 0.6) is 0 Å². The number of benzene rings is 2. The van der Waals surface area contributed by atoms with E-state index in [1.54, 1.807) is 22.7 Å². The summed E-state index contributed by atoms with van der Waals surface area (Å²) in [4.78, 5) is 24.8. The minimum Gasteiger partial charge on any atom is -0.326 e.